The van der Waals surface area contributed by atoms with Gasteiger partial charge in [-0.3, -0.25) is 4.79 Å². The highest BCUT2D eigenvalue weighted by Crippen LogP contribution is 2.24. The molecule has 0 bridgehead atoms. The largest absolute Gasteiger partial charge is 0.494 e. The van der Waals surface area contributed by atoms with E-state index in [-0.39, 0.29) is 5.92 Å². The van der Waals surface area contributed by atoms with Crippen LogP contribution < -0.4 is 10.1 Å². The molecule has 0 radical (unpaired) electrons. The van der Waals surface area contributed by atoms with E-state index in [2.05, 4.69) is 24.4 Å². The van der Waals surface area contributed by atoms with Gasteiger partial charge in [0.25, 0.3) is 0 Å². The Hall–Kier alpha value is -1.55. The SMILES string of the molecule is Cc1ccc(OCCCNC2CCC(C(=O)O)CC2)cc1. The highest BCUT2D eigenvalue weighted by Gasteiger charge is 2.25. The Labute approximate surface area is 126 Å². The maximum absolute atomic E-state index is 10.9. The predicted molar refractivity (Wildman–Crippen MR) is 82.7 cm³/mol. The summed E-state index contributed by atoms with van der Waals surface area (Å²) in [6, 6.07) is 8.56. The highest BCUT2D eigenvalue weighted by molar-refractivity contribution is 5.70. The molecule has 4 heteroatoms. The third-order valence-electron chi connectivity index (χ3n) is 4.12. The van der Waals surface area contributed by atoms with Crippen LogP contribution in [0, 0.1) is 12.8 Å². The maximum atomic E-state index is 10.9. The van der Waals surface area contributed by atoms with Crippen molar-refractivity contribution in [1.82, 2.24) is 5.32 Å². The van der Waals surface area contributed by atoms with Crippen LogP contribution in [-0.2, 0) is 4.79 Å². The molecule has 0 saturated heterocycles. The zero-order valence-electron chi connectivity index (χ0n) is 12.7. The quantitative estimate of drug-likeness (QED) is 0.758. The van der Waals surface area contributed by atoms with Gasteiger partial charge < -0.3 is 15.2 Å². The molecule has 2 rings (SSSR count). The lowest BCUT2D eigenvalue weighted by Crippen LogP contribution is -2.35. The number of ether oxygens (including phenoxy) is 1. The monoisotopic (exact) mass is 291 g/mol. The molecule has 1 saturated carbocycles. The summed E-state index contributed by atoms with van der Waals surface area (Å²) in [5.41, 5.74) is 1.24. The molecule has 1 aliphatic rings. The Morgan fingerprint density at radius 3 is 2.52 bits per heavy atom. The van der Waals surface area contributed by atoms with Crippen LogP contribution in [0.3, 0.4) is 0 Å². The van der Waals surface area contributed by atoms with E-state index in [0.717, 1.165) is 44.4 Å². The Morgan fingerprint density at radius 1 is 1.24 bits per heavy atom. The van der Waals surface area contributed by atoms with Crippen molar-refractivity contribution in [2.75, 3.05) is 13.2 Å². The minimum absolute atomic E-state index is 0.132. The van der Waals surface area contributed by atoms with Crippen molar-refractivity contribution in [2.24, 2.45) is 5.92 Å². The number of aliphatic carboxylic acids is 1. The third kappa shape index (κ3) is 5.38. The lowest BCUT2D eigenvalue weighted by Gasteiger charge is -2.26. The fourth-order valence-corrected chi connectivity index (χ4v) is 2.75. The molecule has 21 heavy (non-hydrogen) atoms. The fraction of sp³-hybridized carbons (Fsp3) is 0.588. The smallest absolute Gasteiger partial charge is 0.306 e. The number of hydrogen-bond donors (Lipinski definition) is 2. The molecule has 1 fully saturated rings. The minimum atomic E-state index is -0.639. The highest BCUT2D eigenvalue weighted by atomic mass is 16.5. The van der Waals surface area contributed by atoms with Gasteiger partial charge in [-0.2, -0.15) is 0 Å². The zero-order chi connectivity index (χ0) is 15.1. The molecule has 0 heterocycles. The van der Waals surface area contributed by atoms with Gasteiger partial charge >= 0.3 is 5.97 Å². The Balaban J connectivity index is 1.54. The number of nitrogens with one attached hydrogen (secondary N) is 1. The normalized spacial score (nSPS) is 22.0. The van der Waals surface area contributed by atoms with E-state index in [1.54, 1.807) is 0 Å². The van der Waals surface area contributed by atoms with Crippen molar-refractivity contribution in [3.8, 4) is 5.75 Å². The molecule has 0 spiro atoms. The second kappa shape index (κ2) is 8.03. The molecule has 0 aliphatic heterocycles. The van der Waals surface area contributed by atoms with Gasteiger partial charge in [-0.1, -0.05) is 17.7 Å². The van der Waals surface area contributed by atoms with Crippen molar-refractivity contribution >= 4 is 5.97 Å². The average Bonchev–Trinajstić information content (AvgIpc) is 2.49. The first kappa shape index (κ1) is 15.8. The van der Waals surface area contributed by atoms with Crippen LogP contribution in [0.15, 0.2) is 24.3 Å². The van der Waals surface area contributed by atoms with Crippen molar-refractivity contribution < 1.29 is 14.6 Å². The topological polar surface area (TPSA) is 58.6 Å². The van der Waals surface area contributed by atoms with Gasteiger partial charge in [0, 0.05) is 6.04 Å². The standard InChI is InChI=1S/C17H25NO3/c1-13-3-9-16(10-4-13)21-12-2-11-18-15-7-5-14(6-8-15)17(19)20/h3-4,9-10,14-15,18H,2,5-8,11-12H2,1H3,(H,19,20). The first-order valence-electron chi connectivity index (χ1n) is 7.81. The maximum Gasteiger partial charge on any atom is 0.306 e. The molecule has 0 atom stereocenters. The number of aryl methyl sites for hydroxylation is 1. The molecular formula is C17H25NO3. The molecule has 1 aliphatic carbocycles. The fourth-order valence-electron chi connectivity index (χ4n) is 2.75. The molecular weight excluding hydrogens is 266 g/mol. The number of carbonyl (C=O) groups is 1. The summed E-state index contributed by atoms with van der Waals surface area (Å²) in [4.78, 5) is 10.9. The van der Waals surface area contributed by atoms with Crippen LogP contribution in [0.5, 0.6) is 5.75 Å². The zero-order valence-corrected chi connectivity index (χ0v) is 12.7. The average molecular weight is 291 g/mol. The van der Waals surface area contributed by atoms with Crippen molar-refractivity contribution in [2.45, 2.75) is 45.1 Å². The van der Waals surface area contributed by atoms with Crippen molar-refractivity contribution in [1.29, 1.82) is 0 Å². The Kier molecular flexibility index (Phi) is 6.05. The van der Waals surface area contributed by atoms with E-state index in [9.17, 15) is 4.79 Å². The molecule has 0 aromatic heterocycles. The number of carboxylic acids is 1. The summed E-state index contributed by atoms with van der Waals surface area (Å²) in [5.74, 6) is 0.149. The second-order valence-electron chi connectivity index (χ2n) is 5.86. The summed E-state index contributed by atoms with van der Waals surface area (Å²) < 4.78 is 5.68. The first-order chi connectivity index (χ1) is 10.1. The molecule has 2 N–H and O–H groups in total. The molecule has 4 nitrogen and oxygen atoms in total. The minimum Gasteiger partial charge on any atom is -0.494 e. The lowest BCUT2D eigenvalue weighted by atomic mass is 9.86. The van der Waals surface area contributed by atoms with E-state index in [1.165, 1.54) is 5.56 Å². The molecule has 1 aromatic carbocycles. The van der Waals surface area contributed by atoms with Crippen LogP contribution in [0.4, 0.5) is 0 Å². The van der Waals surface area contributed by atoms with Crippen LogP contribution in [0.2, 0.25) is 0 Å². The first-order valence-corrected chi connectivity index (χ1v) is 7.81. The van der Waals surface area contributed by atoms with Gasteiger partial charge in [-0.05, 0) is 57.7 Å². The van der Waals surface area contributed by atoms with E-state index in [1.807, 2.05) is 12.1 Å². The van der Waals surface area contributed by atoms with Gasteiger partial charge in [0.05, 0.1) is 12.5 Å². The van der Waals surface area contributed by atoms with Crippen LogP contribution >= 0.6 is 0 Å². The van der Waals surface area contributed by atoms with Crippen LogP contribution in [0.1, 0.15) is 37.7 Å². The Bertz CT molecular complexity index is 436. The Morgan fingerprint density at radius 2 is 1.90 bits per heavy atom. The van der Waals surface area contributed by atoms with Gasteiger partial charge in [-0.25, -0.2) is 0 Å². The molecule has 116 valence electrons. The van der Waals surface area contributed by atoms with Crippen LogP contribution in [-0.4, -0.2) is 30.3 Å². The summed E-state index contributed by atoms with van der Waals surface area (Å²) >= 11 is 0. The molecule has 0 amide bonds. The van der Waals surface area contributed by atoms with Gasteiger partial charge in [0.2, 0.25) is 0 Å². The van der Waals surface area contributed by atoms with Gasteiger partial charge in [0.15, 0.2) is 0 Å². The summed E-state index contributed by atoms with van der Waals surface area (Å²) in [6.45, 7) is 3.70. The second-order valence-corrected chi connectivity index (χ2v) is 5.86. The van der Waals surface area contributed by atoms with Crippen molar-refractivity contribution in [3.63, 3.8) is 0 Å². The number of carboxylic acid groups (broad SMARTS) is 1. The van der Waals surface area contributed by atoms with E-state index >= 15 is 0 Å². The van der Waals surface area contributed by atoms with E-state index in [4.69, 9.17) is 9.84 Å². The molecule has 0 unspecified atom stereocenters. The van der Waals surface area contributed by atoms with Crippen molar-refractivity contribution in [3.05, 3.63) is 29.8 Å². The van der Waals surface area contributed by atoms with E-state index < -0.39 is 5.97 Å². The third-order valence-corrected chi connectivity index (χ3v) is 4.12. The van der Waals surface area contributed by atoms with Gasteiger partial charge in [-0.15, -0.1) is 0 Å². The number of hydrogen-bond acceptors (Lipinski definition) is 3. The van der Waals surface area contributed by atoms with E-state index in [0.29, 0.717) is 12.6 Å². The number of benzene rings is 1. The van der Waals surface area contributed by atoms with Gasteiger partial charge in [0.1, 0.15) is 5.75 Å². The lowest BCUT2D eigenvalue weighted by molar-refractivity contribution is -0.142. The summed E-state index contributed by atoms with van der Waals surface area (Å²) in [7, 11) is 0. The van der Waals surface area contributed by atoms with Crippen LogP contribution in [0.25, 0.3) is 0 Å². The predicted octanol–water partition coefficient (Wildman–Crippen LogP) is 3.00. The summed E-state index contributed by atoms with van der Waals surface area (Å²) in [5, 5.41) is 12.5. The summed E-state index contributed by atoms with van der Waals surface area (Å²) in [6.07, 6.45) is 4.50. The number of rotatable bonds is 7. The molecule has 1 aromatic rings.